The molecule has 5 heteroatoms. The van der Waals surface area contributed by atoms with Crippen molar-refractivity contribution in [2.24, 2.45) is 0 Å². The number of hydrogen-bond acceptors (Lipinski definition) is 5. The van der Waals surface area contributed by atoms with E-state index >= 15 is 0 Å². The highest BCUT2D eigenvalue weighted by Gasteiger charge is 2.25. The molecule has 0 bridgehead atoms. The van der Waals surface area contributed by atoms with Gasteiger partial charge in [0, 0.05) is 25.6 Å². The smallest absolute Gasteiger partial charge is 0.307 e. The Morgan fingerprint density at radius 1 is 1.27 bits per heavy atom. The van der Waals surface area contributed by atoms with Crippen LogP contribution in [0.4, 0.5) is 0 Å². The molecule has 22 heavy (non-hydrogen) atoms. The normalized spacial score (nSPS) is 20.3. The zero-order valence-corrected chi connectivity index (χ0v) is 14.6. The molecule has 1 heterocycles. The van der Waals surface area contributed by atoms with E-state index in [2.05, 4.69) is 4.90 Å². The summed E-state index contributed by atoms with van der Waals surface area (Å²) in [6.07, 6.45) is 5.35. The van der Waals surface area contributed by atoms with Crippen LogP contribution in [0, 0.1) is 0 Å². The molecule has 2 unspecified atom stereocenters. The van der Waals surface area contributed by atoms with Gasteiger partial charge in [0.1, 0.15) is 11.9 Å². The van der Waals surface area contributed by atoms with Crippen molar-refractivity contribution in [1.82, 2.24) is 9.80 Å². The monoisotopic (exact) mass is 312 g/mol. The predicted octanol–water partition coefficient (Wildman–Crippen LogP) is 2.09. The molecule has 0 aliphatic carbocycles. The number of rotatable bonds is 10. The van der Waals surface area contributed by atoms with Gasteiger partial charge in [-0.2, -0.15) is 0 Å². The van der Waals surface area contributed by atoms with E-state index in [0.717, 1.165) is 45.3 Å². The van der Waals surface area contributed by atoms with E-state index in [1.807, 2.05) is 25.9 Å². The van der Waals surface area contributed by atoms with Crippen LogP contribution in [-0.4, -0.2) is 67.4 Å². The maximum atomic E-state index is 11.9. The third kappa shape index (κ3) is 7.90. The number of Topliss-reactive ketones (excluding diaryl/α,β-unsaturated/α-hetero) is 1. The lowest BCUT2D eigenvalue weighted by Crippen LogP contribution is -2.30. The van der Waals surface area contributed by atoms with Crippen LogP contribution in [0.5, 0.6) is 0 Å². The van der Waals surface area contributed by atoms with Crippen LogP contribution in [0.25, 0.3) is 0 Å². The lowest BCUT2D eigenvalue weighted by atomic mass is 10.1. The summed E-state index contributed by atoms with van der Waals surface area (Å²) in [5, 5.41) is 0. The first kappa shape index (κ1) is 19.1. The van der Waals surface area contributed by atoms with Gasteiger partial charge < -0.3 is 14.4 Å². The predicted molar refractivity (Wildman–Crippen MR) is 87.9 cm³/mol. The Morgan fingerprint density at radius 2 is 2.00 bits per heavy atom. The van der Waals surface area contributed by atoms with Crippen molar-refractivity contribution >= 4 is 11.8 Å². The summed E-state index contributed by atoms with van der Waals surface area (Å²) < 4.78 is 5.57. The molecule has 0 spiro atoms. The third-order valence-electron chi connectivity index (χ3n) is 4.37. The molecule has 0 saturated carbocycles. The minimum Gasteiger partial charge on any atom is -0.461 e. The summed E-state index contributed by atoms with van der Waals surface area (Å²) in [7, 11) is 3.95. The van der Waals surface area contributed by atoms with Gasteiger partial charge in [-0.05, 0) is 53.8 Å². The summed E-state index contributed by atoms with van der Waals surface area (Å²) in [5.74, 6) is 0.189. The van der Waals surface area contributed by atoms with Crippen molar-refractivity contribution in [3.63, 3.8) is 0 Å². The fourth-order valence-electron chi connectivity index (χ4n) is 2.64. The largest absolute Gasteiger partial charge is 0.461 e. The maximum absolute atomic E-state index is 11.9. The lowest BCUT2D eigenvalue weighted by molar-refractivity contribution is -0.149. The Morgan fingerprint density at radius 3 is 2.64 bits per heavy atom. The van der Waals surface area contributed by atoms with Gasteiger partial charge in [0.15, 0.2) is 0 Å². The van der Waals surface area contributed by atoms with Gasteiger partial charge in [-0.3, -0.25) is 9.69 Å². The van der Waals surface area contributed by atoms with E-state index in [1.54, 1.807) is 6.92 Å². The van der Waals surface area contributed by atoms with Gasteiger partial charge >= 0.3 is 5.97 Å². The van der Waals surface area contributed by atoms with Crippen LogP contribution < -0.4 is 0 Å². The van der Waals surface area contributed by atoms with Gasteiger partial charge in [0.2, 0.25) is 0 Å². The fourth-order valence-corrected chi connectivity index (χ4v) is 2.64. The van der Waals surface area contributed by atoms with Crippen LogP contribution in [-0.2, 0) is 14.3 Å². The van der Waals surface area contributed by atoms with Crippen molar-refractivity contribution in [3.8, 4) is 0 Å². The summed E-state index contributed by atoms with van der Waals surface area (Å²) >= 11 is 0. The lowest BCUT2D eigenvalue weighted by Gasteiger charge is -2.20. The molecule has 0 amide bonds. The molecule has 1 aliphatic heterocycles. The van der Waals surface area contributed by atoms with E-state index in [0.29, 0.717) is 12.8 Å². The highest BCUT2D eigenvalue weighted by molar-refractivity contribution is 5.75. The molecular formula is C17H32N2O3. The Kier molecular flexibility index (Phi) is 8.64. The average Bonchev–Trinajstić information content (AvgIpc) is 2.85. The Hall–Kier alpha value is -0.940. The first-order valence-corrected chi connectivity index (χ1v) is 8.46. The number of carbonyl (C=O) groups excluding carboxylic acids is 2. The number of carbonyl (C=O) groups is 2. The minimum atomic E-state index is -0.0884. The molecule has 1 saturated heterocycles. The first-order chi connectivity index (χ1) is 10.4. The Balaban J connectivity index is 2.12. The van der Waals surface area contributed by atoms with Crippen LogP contribution in [0.1, 0.15) is 52.4 Å². The second kappa shape index (κ2) is 9.95. The van der Waals surface area contributed by atoms with Crippen LogP contribution in [0.2, 0.25) is 0 Å². The van der Waals surface area contributed by atoms with E-state index in [9.17, 15) is 9.59 Å². The number of likely N-dealkylation sites (tertiary alicyclic amines) is 1. The number of hydrogen-bond donors (Lipinski definition) is 0. The fraction of sp³-hybridized carbons (Fsp3) is 0.882. The zero-order chi connectivity index (χ0) is 16.5. The number of esters is 1. The third-order valence-corrected chi connectivity index (χ3v) is 4.37. The average molecular weight is 312 g/mol. The first-order valence-electron chi connectivity index (χ1n) is 8.46. The zero-order valence-electron chi connectivity index (χ0n) is 14.6. The molecule has 0 radical (unpaired) electrons. The molecule has 1 rings (SSSR count). The minimum absolute atomic E-state index is 0.0547. The molecule has 5 nitrogen and oxygen atoms in total. The van der Waals surface area contributed by atoms with E-state index in [-0.39, 0.29) is 23.9 Å². The van der Waals surface area contributed by atoms with Crippen molar-refractivity contribution in [1.29, 1.82) is 0 Å². The SMILES string of the molecule is CC(=O)CCCCCN1CCC(OC(=O)CC(C)N(C)C)C1. The van der Waals surface area contributed by atoms with Crippen LogP contribution >= 0.6 is 0 Å². The van der Waals surface area contributed by atoms with Gasteiger partial charge in [0.05, 0.1) is 6.42 Å². The summed E-state index contributed by atoms with van der Waals surface area (Å²) in [5.41, 5.74) is 0. The standard InChI is InChI=1S/C17H32N2O3/c1-14(18(3)4)12-17(21)22-16-9-11-19(13-16)10-7-5-6-8-15(2)20/h14,16H,5-13H2,1-4H3. The van der Waals surface area contributed by atoms with E-state index < -0.39 is 0 Å². The number of ketones is 1. The van der Waals surface area contributed by atoms with E-state index in [4.69, 9.17) is 4.74 Å². The van der Waals surface area contributed by atoms with Crippen LogP contribution in [0.15, 0.2) is 0 Å². The van der Waals surface area contributed by atoms with Gasteiger partial charge in [-0.25, -0.2) is 0 Å². The molecule has 2 atom stereocenters. The quantitative estimate of drug-likeness (QED) is 0.457. The molecular weight excluding hydrogens is 280 g/mol. The van der Waals surface area contributed by atoms with Crippen molar-refractivity contribution < 1.29 is 14.3 Å². The summed E-state index contributed by atoms with van der Waals surface area (Å²) in [4.78, 5) is 27.1. The van der Waals surface area contributed by atoms with Crippen molar-refractivity contribution in [3.05, 3.63) is 0 Å². The van der Waals surface area contributed by atoms with E-state index in [1.165, 1.54) is 0 Å². The van der Waals surface area contributed by atoms with Gasteiger partial charge in [-0.1, -0.05) is 6.42 Å². The maximum Gasteiger partial charge on any atom is 0.307 e. The number of unbranched alkanes of at least 4 members (excludes halogenated alkanes) is 2. The second-order valence-corrected chi connectivity index (χ2v) is 6.73. The molecule has 0 N–H and O–H groups in total. The molecule has 128 valence electrons. The highest BCUT2D eigenvalue weighted by atomic mass is 16.5. The topological polar surface area (TPSA) is 49.9 Å². The van der Waals surface area contributed by atoms with Crippen molar-refractivity contribution in [2.75, 3.05) is 33.7 Å². The van der Waals surface area contributed by atoms with Crippen molar-refractivity contribution in [2.45, 2.75) is 64.5 Å². The van der Waals surface area contributed by atoms with Gasteiger partial charge in [-0.15, -0.1) is 0 Å². The molecule has 0 aromatic carbocycles. The van der Waals surface area contributed by atoms with Gasteiger partial charge in [0.25, 0.3) is 0 Å². The second-order valence-electron chi connectivity index (χ2n) is 6.73. The molecule has 1 fully saturated rings. The number of ether oxygens (including phenoxy) is 1. The van der Waals surface area contributed by atoms with Crippen LogP contribution in [0.3, 0.4) is 0 Å². The number of nitrogens with zero attached hydrogens (tertiary/aromatic N) is 2. The molecule has 1 aliphatic rings. The Labute approximate surface area is 135 Å². The molecule has 0 aromatic heterocycles. The summed E-state index contributed by atoms with van der Waals surface area (Å²) in [6.45, 7) is 6.59. The molecule has 0 aromatic rings. The highest BCUT2D eigenvalue weighted by Crippen LogP contribution is 2.15. The summed E-state index contributed by atoms with van der Waals surface area (Å²) in [6, 6.07) is 0.214. The Bertz CT molecular complexity index is 358.